The van der Waals surface area contributed by atoms with E-state index in [1.807, 2.05) is 6.07 Å². The van der Waals surface area contributed by atoms with Crippen molar-refractivity contribution in [3.05, 3.63) is 29.8 Å². The molecular formula is C19H31NO. The van der Waals surface area contributed by atoms with E-state index in [1.54, 1.807) is 0 Å². The van der Waals surface area contributed by atoms with Crippen molar-refractivity contribution in [2.24, 2.45) is 17.1 Å². The van der Waals surface area contributed by atoms with Gasteiger partial charge in [-0.1, -0.05) is 44.9 Å². The SMILES string of the molecule is CC(C)CC1(C(N)c2ccccc2OC(C)C)CCCC1. The summed E-state index contributed by atoms with van der Waals surface area (Å²) in [6, 6.07) is 8.42. The summed E-state index contributed by atoms with van der Waals surface area (Å²) in [6.45, 7) is 8.76. The Labute approximate surface area is 130 Å². The highest BCUT2D eigenvalue weighted by atomic mass is 16.5. The standard InChI is InChI=1S/C19H31NO/c1-14(2)13-19(11-7-8-12-19)18(20)16-9-5-6-10-17(16)21-15(3)4/h5-6,9-10,14-15,18H,7-8,11-13,20H2,1-4H3. The van der Waals surface area contributed by atoms with Crippen LogP contribution in [0.1, 0.15) is 71.4 Å². The van der Waals surface area contributed by atoms with E-state index >= 15 is 0 Å². The number of hydrogen-bond donors (Lipinski definition) is 1. The van der Waals surface area contributed by atoms with Crippen LogP contribution in [0.5, 0.6) is 5.75 Å². The van der Waals surface area contributed by atoms with Crippen LogP contribution in [0.2, 0.25) is 0 Å². The molecule has 1 saturated carbocycles. The average Bonchev–Trinajstić information content (AvgIpc) is 2.87. The van der Waals surface area contributed by atoms with Crippen LogP contribution >= 0.6 is 0 Å². The predicted molar refractivity (Wildman–Crippen MR) is 89.5 cm³/mol. The minimum Gasteiger partial charge on any atom is -0.491 e. The lowest BCUT2D eigenvalue weighted by Gasteiger charge is -2.38. The maximum absolute atomic E-state index is 6.78. The fraction of sp³-hybridized carbons (Fsp3) is 0.684. The summed E-state index contributed by atoms with van der Waals surface area (Å²) in [5.41, 5.74) is 8.22. The zero-order valence-corrected chi connectivity index (χ0v) is 14.1. The number of hydrogen-bond acceptors (Lipinski definition) is 2. The van der Waals surface area contributed by atoms with Gasteiger partial charge in [0.05, 0.1) is 6.10 Å². The molecule has 1 aromatic rings. The maximum Gasteiger partial charge on any atom is 0.124 e. The minimum atomic E-state index is 0.0809. The third-order valence-electron chi connectivity index (χ3n) is 4.69. The van der Waals surface area contributed by atoms with Crippen LogP contribution in [0.25, 0.3) is 0 Å². The van der Waals surface area contributed by atoms with Gasteiger partial charge in [-0.3, -0.25) is 0 Å². The van der Waals surface area contributed by atoms with Crippen LogP contribution < -0.4 is 10.5 Å². The summed E-state index contributed by atoms with van der Waals surface area (Å²) in [5.74, 6) is 1.65. The van der Waals surface area contributed by atoms with Gasteiger partial charge in [0, 0.05) is 11.6 Å². The van der Waals surface area contributed by atoms with Crippen molar-refractivity contribution in [3.8, 4) is 5.75 Å². The number of benzene rings is 1. The van der Waals surface area contributed by atoms with Crippen molar-refractivity contribution in [2.45, 2.75) is 71.9 Å². The topological polar surface area (TPSA) is 35.2 Å². The lowest BCUT2D eigenvalue weighted by molar-refractivity contribution is 0.175. The molecule has 0 aromatic heterocycles. The van der Waals surface area contributed by atoms with Gasteiger partial charge < -0.3 is 10.5 Å². The number of nitrogens with two attached hydrogens (primary N) is 1. The van der Waals surface area contributed by atoms with E-state index in [0.717, 1.165) is 5.75 Å². The monoisotopic (exact) mass is 289 g/mol. The van der Waals surface area contributed by atoms with Gasteiger partial charge >= 0.3 is 0 Å². The van der Waals surface area contributed by atoms with Gasteiger partial charge in [-0.2, -0.15) is 0 Å². The van der Waals surface area contributed by atoms with Crippen LogP contribution in [-0.2, 0) is 0 Å². The van der Waals surface area contributed by atoms with Crippen molar-refractivity contribution < 1.29 is 4.74 Å². The molecule has 0 radical (unpaired) electrons. The summed E-state index contributed by atoms with van der Waals surface area (Å²) in [7, 11) is 0. The van der Waals surface area contributed by atoms with E-state index in [4.69, 9.17) is 10.5 Å². The van der Waals surface area contributed by atoms with Crippen LogP contribution in [0.4, 0.5) is 0 Å². The van der Waals surface area contributed by atoms with Gasteiger partial charge in [-0.05, 0) is 50.5 Å². The molecule has 0 amide bonds. The summed E-state index contributed by atoms with van der Waals surface area (Å²) >= 11 is 0. The molecular weight excluding hydrogens is 258 g/mol. The zero-order valence-electron chi connectivity index (χ0n) is 14.1. The molecule has 1 aliphatic rings. The van der Waals surface area contributed by atoms with Crippen molar-refractivity contribution in [1.82, 2.24) is 0 Å². The Hall–Kier alpha value is -1.02. The summed E-state index contributed by atoms with van der Waals surface area (Å²) in [5, 5.41) is 0. The lowest BCUT2D eigenvalue weighted by Crippen LogP contribution is -2.34. The Morgan fingerprint density at radius 3 is 2.29 bits per heavy atom. The molecule has 0 bridgehead atoms. The highest BCUT2D eigenvalue weighted by Gasteiger charge is 2.41. The number of para-hydroxylation sites is 1. The maximum atomic E-state index is 6.78. The Morgan fingerprint density at radius 1 is 1.10 bits per heavy atom. The van der Waals surface area contributed by atoms with E-state index in [9.17, 15) is 0 Å². The molecule has 2 N–H and O–H groups in total. The van der Waals surface area contributed by atoms with Gasteiger partial charge in [0.15, 0.2) is 0 Å². The first-order valence-corrected chi connectivity index (χ1v) is 8.46. The molecule has 1 aliphatic carbocycles. The number of ether oxygens (including phenoxy) is 1. The Balaban J connectivity index is 2.30. The molecule has 1 atom stereocenters. The fourth-order valence-electron chi connectivity index (χ4n) is 3.96. The van der Waals surface area contributed by atoms with E-state index in [1.165, 1.54) is 37.7 Å². The largest absolute Gasteiger partial charge is 0.491 e. The van der Waals surface area contributed by atoms with Crippen molar-refractivity contribution in [2.75, 3.05) is 0 Å². The van der Waals surface area contributed by atoms with Crippen LogP contribution in [-0.4, -0.2) is 6.10 Å². The van der Waals surface area contributed by atoms with Crippen LogP contribution in [0, 0.1) is 11.3 Å². The third-order valence-corrected chi connectivity index (χ3v) is 4.69. The second-order valence-electron chi connectivity index (χ2n) is 7.35. The van der Waals surface area contributed by atoms with Gasteiger partial charge in [0.1, 0.15) is 5.75 Å². The molecule has 0 saturated heterocycles. The molecule has 2 nitrogen and oxygen atoms in total. The van der Waals surface area contributed by atoms with E-state index < -0.39 is 0 Å². The molecule has 1 unspecified atom stereocenters. The molecule has 118 valence electrons. The van der Waals surface area contributed by atoms with Gasteiger partial charge in [-0.25, -0.2) is 0 Å². The van der Waals surface area contributed by atoms with Gasteiger partial charge in [-0.15, -0.1) is 0 Å². The fourth-order valence-corrected chi connectivity index (χ4v) is 3.96. The smallest absolute Gasteiger partial charge is 0.124 e. The van der Waals surface area contributed by atoms with Crippen LogP contribution in [0.3, 0.4) is 0 Å². The van der Waals surface area contributed by atoms with E-state index in [-0.39, 0.29) is 17.6 Å². The molecule has 0 heterocycles. The normalized spacial score (nSPS) is 19.2. The highest BCUT2D eigenvalue weighted by molar-refractivity contribution is 5.37. The van der Waals surface area contributed by atoms with E-state index in [2.05, 4.69) is 45.9 Å². The van der Waals surface area contributed by atoms with Crippen LogP contribution in [0.15, 0.2) is 24.3 Å². The van der Waals surface area contributed by atoms with Crippen molar-refractivity contribution in [3.63, 3.8) is 0 Å². The molecule has 1 aromatic carbocycles. The zero-order chi connectivity index (χ0) is 15.5. The Morgan fingerprint density at radius 2 is 1.71 bits per heavy atom. The third kappa shape index (κ3) is 3.79. The molecule has 0 spiro atoms. The quantitative estimate of drug-likeness (QED) is 0.792. The molecule has 21 heavy (non-hydrogen) atoms. The molecule has 0 aliphatic heterocycles. The molecule has 2 rings (SSSR count). The van der Waals surface area contributed by atoms with Crippen molar-refractivity contribution in [1.29, 1.82) is 0 Å². The second-order valence-corrected chi connectivity index (χ2v) is 7.35. The number of rotatable bonds is 6. The Kier molecular flexibility index (Phi) is 5.32. The summed E-state index contributed by atoms with van der Waals surface area (Å²) in [6.07, 6.45) is 6.53. The lowest BCUT2D eigenvalue weighted by atomic mass is 9.70. The van der Waals surface area contributed by atoms with Crippen molar-refractivity contribution >= 4 is 0 Å². The van der Waals surface area contributed by atoms with E-state index in [0.29, 0.717) is 5.92 Å². The van der Waals surface area contributed by atoms with Gasteiger partial charge in [0.2, 0.25) is 0 Å². The molecule has 2 heteroatoms. The first kappa shape index (κ1) is 16.4. The first-order valence-electron chi connectivity index (χ1n) is 8.46. The van der Waals surface area contributed by atoms with Gasteiger partial charge in [0.25, 0.3) is 0 Å². The second kappa shape index (κ2) is 6.83. The minimum absolute atomic E-state index is 0.0809. The first-order chi connectivity index (χ1) is 9.94. The predicted octanol–water partition coefficient (Wildman–Crippen LogP) is 5.08. The summed E-state index contributed by atoms with van der Waals surface area (Å²) < 4.78 is 6.00. The summed E-state index contributed by atoms with van der Waals surface area (Å²) in [4.78, 5) is 0. The molecule has 1 fully saturated rings. The Bertz CT molecular complexity index is 447. The highest BCUT2D eigenvalue weighted by Crippen LogP contribution is 2.51. The average molecular weight is 289 g/mol.